The molecule has 1 aliphatic rings. The Kier molecular flexibility index (Phi) is 5.20. The van der Waals surface area contributed by atoms with Crippen molar-refractivity contribution in [1.29, 1.82) is 0 Å². The Bertz CT molecular complexity index is 725. The summed E-state index contributed by atoms with van der Waals surface area (Å²) in [5, 5.41) is 6.30. The molecule has 1 aromatic heterocycles. The molecule has 1 saturated carbocycles. The van der Waals surface area contributed by atoms with E-state index in [1.54, 1.807) is 25.6 Å². The number of methoxy groups -OCH3 is 2. The second-order valence-electron chi connectivity index (χ2n) is 5.68. The van der Waals surface area contributed by atoms with Crippen LogP contribution in [0.3, 0.4) is 0 Å². The van der Waals surface area contributed by atoms with Crippen LogP contribution in [-0.2, 0) is 13.1 Å². The number of nitrogens with one attached hydrogen (secondary N) is 1. The van der Waals surface area contributed by atoms with Crippen molar-refractivity contribution in [1.82, 2.24) is 10.3 Å². The van der Waals surface area contributed by atoms with Gasteiger partial charge in [-0.05, 0) is 30.5 Å². The molecule has 3 rings (SSSR count). The summed E-state index contributed by atoms with van der Waals surface area (Å²) in [6.45, 7) is 1.09. The largest absolute Gasteiger partial charge is 0.493 e. The molecule has 0 bridgehead atoms. The van der Waals surface area contributed by atoms with E-state index >= 15 is 0 Å². The number of guanidine groups is 1. The van der Waals surface area contributed by atoms with Crippen molar-refractivity contribution in [2.75, 3.05) is 14.2 Å². The van der Waals surface area contributed by atoms with Gasteiger partial charge in [-0.2, -0.15) is 0 Å². The molecular weight excluding hydrogens is 324 g/mol. The van der Waals surface area contributed by atoms with Crippen LogP contribution in [-0.4, -0.2) is 25.2 Å². The molecule has 1 aromatic carbocycles. The van der Waals surface area contributed by atoms with E-state index in [0.29, 0.717) is 36.5 Å². The van der Waals surface area contributed by atoms with Gasteiger partial charge in [-0.3, -0.25) is 0 Å². The smallest absolute Gasteiger partial charge is 0.189 e. The zero-order valence-corrected chi connectivity index (χ0v) is 14.7. The molecule has 3 N–H and O–H groups in total. The lowest BCUT2D eigenvalue weighted by Crippen LogP contribution is -2.31. The standard InChI is InChI=1S/C17H22N4O2S/c1-22-14-6-3-11(7-15(14)23-2)8-19-17(18)20-9-16-21-13(10-24-16)12-4-5-12/h3,6-7,10,12H,4-5,8-9H2,1-2H3,(H3,18,19,20). The Morgan fingerprint density at radius 1 is 1.33 bits per heavy atom. The number of ether oxygens (including phenoxy) is 2. The molecule has 128 valence electrons. The van der Waals surface area contributed by atoms with Gasteiger partial charge in [0.25, 0.3) is 0 Å². The van der Waals surface area contributed by atoms with E-state index in [-0.39, 0.29) is 0 Å². The summed E-state index contributed by atoms with van der Waals surface area (Å²) in [6.07, 6.45) is 2.54. The van der Waals surface area contributed by atoms with Crippen molar-refractivity contribution in [2.24, 2.45) is 10.7 Å². The van der Waals surface area contributed by atoms with Gasteiger partial charge >= 0.3 is 0 Å². The first-order valence-corrected chi connectivity index (χ1v) is 8.76. The maximum atomic E-state index is 5.93. The predicted octanol–water partition coefficient (Wildman–Crippen LogP) is 2.64. The monoisotopic (exact) mass is 346 g/mol. The molecule has 0 unspecified atom stereocenters. The number of hydrogen-bond acceptors (Lipinski definition) is 5. The van der Waals surface area contributed by atoms with Crippen molar-refractivity contribution in [3.8, 4) is 11.5 Å². The molecule has 1 aliphatic carbocycles. The van der Waals surface area contributed by atoms with Gasteiger partial charge < -0.3 is 20.5 Å². The van der Waals surface area contributed by atoms with Crippen molar-refractivity contribution >= 4 is 17.3 Å². The lowest BCUT2D eigenvalue weighted by Gasteiger charge is -2.09. The molecule has 0 radical (unpaired) electrons. The average molecular weight is 346 g/mol. The zero-order valence-electron chi connectivity index (χ0n) is 13.9. The highest BCUT2D eigenvalue weighted by atomic mass is 32.1. The summed E-state index contributed by atoms with van der Waals surface area (Å²) >= 11 is 1.67. The van der Waals surface area contributed by atoms with Gasteiger partial charge in [0.2, 0.25) is 0 Å². The van der Waals surface area contributed by atoms with Crippen LogP contribution in [0.15, 0.2) is 28.6 Å². The fraction of sp³-hybridized carbons (Fsp3) is 0.412. The molecule has 0 amide bonds. The highest BCUT2D eigenvalue weighted by Crippen LogP contribution is 2.40. The third kappa shape index (κ3) is 4.17. The van der Waals surface area contributed by atoms with E-state index in [9.17, 15) is 0 Å². The summed E-state index contributed by atoms with van der Waals surface area (Å²) in [5.74, 6) is 2.48. The minimum absolute atomic E-state index is 0.410. The van der Waals surface area contributed by atoms with Gasteiger partial charge in [0.15, 0.2) is 17.5 Å². The first-order valence-electron chi connectivity index (χ1n) is 7.88. The Morgan fingerprint density at radius 2 is 2.12 bits per heavy atom. The first kappa shape index (κ1) is 16.6. The number of nitrogens with two attached hydrogens (primary N) is 1. The van der Waals surface area contributed by atoms with Crippen LogP contribution in [0, 0.1) is 0 Å². The number of nitrogens with zero attached hydrogens (tertiary/aromatic N) is 2. The van der Waals surface area contributed by atoms with Gasteiger partial charge in [-0.25, -0.2) is 9.98 Å². The quantitative estimate of drug-likeness (QED) is 0.595. The maximum Gasteiger partial charge on any atom is 0.189 e. The van der Waals surface area contributed by atoms with Gasteiger partial charge in [-0.15, -0.1) is 11.3 Å². The number of aromatic nitrogens is 1. The second-order valence-corrected chi connectivity index (χ2v) is 6.63. The molecule has 7 heteroatoms. The normalized spacial score (nSPS) is 14.5. The highest BCUT2D eigenvalue weighted by Gasteiger charge is 2.25. The Balaban J connectivity index is 1.53. The van der Waals surface area contributed by atoms with E-state index in [1.165, 1.54) is 18.5 Å². The fourth-order valence-corrected chi connectivity index (χ4v) is 3.17. The van der Waals surface area contributed by atoms with E-state index in [0.717, 1.165) is 10.6 Å². The van der Waals surface area contributed by atoms with E-state index < -0.39 is 0 Å². The molecule has 0 atom stereocenters. The van der Waals surface area contributed by atoms with Crippen LogP contribution in [0.1, 0.15) is 35.0 Å². The number of benzene rings is 1. The van der Waals surface area contributed by atoms with Crippen LogP contribution in [0.4, 0.5) is 0 Å². The highest BCUT2D eigenvalue weighted by molar-refractivity contribution is 7.09. The number of rotatable bonds is 7. The van der Waals surface area contributed by atoms with Crippen LogP contribution in [0.2, 0.25) is 0 Å². The summed E-state index contributed by atoms with van der Waals surface area (Å²) in [5.41, 5.74) is 8.16. The predicted molar refractivity (Wildman–Crippen MR) is 95.8 cm³/mol. The summed E-state index contributed by atoms with van der Waals surface area (Å²) in [7, 11) is 3.23. The maximum absolute atomic E-state index is 5.93. The van der Waals surface area contributed by atoms with Crippen molar-refractivity contribution in [3.63, 3.8) is 0 Å². The van der Waals surface area contributed by atoms with Crippen LogP contribution in [0.25, 0.3) is 0 Å². The van der Waals surface area contributed by atoms with Gasteiger partial charge in [0.1, 0.15) is 5.01 Å². The number of hydrogen-bond donors (Lipinski definition) is 2. The molecule has 0 aliphatic heterocycles. The van der Waals surface area contributed by atoms with Gasteiger partial charge in [-0.1, -0.05) is 6.07 Å². The Morgan fingerprint density at radius 3 is 2.83 bits per heavy atom. The van der Waals surface area contributed by atoms with Crippen LogP contribution < -0.4 is 20.5 Å². The van der Waals surface area contributed by atoms with E-state index in [1.807, 2.05) is 18.2 Å². The number of aliphatic imine (C=N–C) groups is 1. The molecule has 1 fully saturated rings. The molecule has 6 nitrogen and oxygen atoms in total. The average Bonchev–Trinajstić information content (AvgIpc) is 3.36. The van der Waals surface area contributed by atoms with Crippen LogP contribution in [0.5, 0.6) is 11.5 Å². The molecule has 2 aromatic rings. The summed E-state index contributed by atoms with van der Waals surface area (Å²) < 4.78 is 10.5. The third-order valence-corrected chi connectivity index (χ3v) is 4.73. The van der Waals surface area contributed by atoms with E-state index in [4.69, 9.17) is 15.2 Å². The molecule has 0 saturated heterocycles. The van der Waals surface area contributed by atoms with Crippen molar-refractivity contribution in [3.05, 3.63) is 39.8 Å². The Hall–Kier alpha value is -2.28. The first-order chi connectivity index (χ1) is 11.7. The lowest BCUT2D eigenvalue weighted by atomic mass is 10.2. The molecular formula is C17H22N4O2S. The van der Waals surface area contributed by atoms with Gasteiger partial charge in [0, 0.05) is 11.3 Å². The zero-order chi connectivity index (χ0) is 16.9. The molecule has 1 heterocycles. The lowest BCUT2D eigenvalue weighted by molar-refractivity contribution is 0.354. The summed E-state index contributed by atoms with van der Waals surface area (Å²) in [6, 6.07) is 5.71. The minimum atomic E-state index is 0.410. The second kappa shape index (κ2) is 7.53. The van der Waals surface area contributed by atoms with Crippen LogP contribution >= 0.6 is 11.3 Å². The van der Waals surface area contributed by atoms with Crippen molar-refractivity contribution in [2.45, 2.75) is 31.8 Å². The molecule has 24 heavy (non-hydrogen) atoms. The topological polar surface area (TPSA) is 81.8 Å². The van der Waals surface area contributed by atoms with E-state index in [2.05, 4.69) is 20.7 Å². The number of thiazole rings is 1. The minimum Gasteiger partial charge on any atom is -0.493 e. The Labute approximate surface area is 145 Å². The summed E-state index contributed by atoms with van der Waals surface area (Å²) in [4.78, 5) is 8.98. The van der Waals surface area contributed by atoms with Crippen molar-refractivity contribution < 1.29 is 9.47 Å². The SMILES string of the molecule is COc1ccc(CN=C(N)NCc2nc(C3CC3)cs2)cc1OC. The van der Waals surface area contributed by atoms with Gasteiger partial charge in [0.05, 0.1) is 33.0 Å². The fourth-order valence-electron chi connectivity index (χ4n) is 2.35. The third-order valence-electron chi connectivity index (χ3n) is 3.87. The molecule has 0 spiro atoms.